The maximum Gasteiger partial charge on any atom is 0.286 e. The molecule has 1 heterocycles. The predicted molar refractivity (Wildman–Crippen MR) is 52.8 cm³/mol. The Balaban J connectivity index is 3.31. The molecule has 0 aliphatic heterocycles. The number of nitrogens with zero attached hydrogens (tertiary/aromatic N) is 2. The fraction of sp³-hybridized carbons (Fsp3) is 0.333. The van der Waals surface area contributed by atoms with Crippen molar-refractivity contribution < 1.29 is 9.72 Å². The van der Waals surface area contributed by atoms with Gasteiger partial charge in [0.1, 0.15) is 5.78 Å². The third-order valence-corrected chi connectivity index (χ3v) is 1.85. The average Bonchev–Trinajstić information content (AvgIpc) is 2.11. The number of pyridine rings is 1. The van der Waals surface area contributed by atoms with Crippen LogP contribution in [0.1, 0.15) is 12.5 Å². The number of nitro groups is 1. The molecule has 0 aliphatic carbocycles. The van der Waals surface area contributed by atoms with E-state index in [1.807, 2.05) is 0 Å². The first-order chi connectivity index (χ1) is 6.91. The summed E-state index contributed by atoms with van der Waals surface area (Å²) < 4.78 is 1.05. The van der Waals surface area contributed by atoms with E-state index in [-0.39, 0.29) is 29.1 Å². The summed E-state index contributed by atoms with van der Waals surface area (Å²) in [6.07, 6.45) is 1.08. The van der Waals surface area contributed by atoms with Gasteiger partial charge in [-0.1, -0.05) is 0 Å². The minimum absolute atomic E-state index is 0.138. The van der Waals surface area contributed by atoms with Gasteiger partial charge in [0.05, 0.1) is 17.7 Å². The third kappa shape index (κ3) is 2.49. The summed E-state index contributed by atoms with van der Waals surface area (Å²) in [7, 11) is 0. The van der Waals surface area contributed by atoms with E-state index in [0.717, 1.165) is 10.8 Å². The number of hydrogen-bond donors (Lipinski definition) is 0. The molecule has 0 bridgehead atoms. The van der Waals surface area contributed by atoms with Crippen LogP contribution in [0.3, 0.4) is 0 Å². The van der Waals surface area contributed by atoms with Crippen LogP contribution in [0.2, 0.25) is 0 Å². The molecule has 0 aromatic carbocycles. The summed E-state index contributed by atoms with van der Waals surface area (Å²) in [5.74, 6) is -0.225. The third-order valence-electron chi connectivity index (χ3n) is 1.85. The molecule has 1 aromatic rings. The summed E-state index contributed by atoms with van der Waals surface area (Å²) in [4.78, 5) is 32.2. The van der Waals surface area contributed by atoms with E-state index in [0.29, 0.717) is 0 Å². The molecule has 0 atom stereocenters. The summed E-state index contributed by atoms with van der Waals surface area (Å²) in [6, 6.07) is 1.19. The van der Waals surface area contributed by atoms with Crippen LogP contribution in [0.15, 0.2) is 17.1 Å². The van der Waals surface area contributed by atoms with Crippen molar-refractivity contribution in [3.8, 4) is 0 Å². The number of Topliss-reactive ketones (excluding diaryl/α,β-unsaturated/α-hetero) is 1. The van der Waals surface area contributed by atoms with Crippen LogP contribution < -0.4 is 5.56 Å². The number of aromatic nitrogens is 1. The van der Waals surface area contributed by atoms with Crippen LogP contribution in [0.4, 0.5) is 5.69 Å². The summed E-state index contributed by atoms with van der Waals surface area (Å²) in [5.41, 5.74) is -0.311. The van der Waals surface area contributed by atoms with Gasteiger partial charge >= 0.3 is 0 Å². The number of rotatable bonds is 3. The zero-order valence-electron chi connectivity index (χ0n) is 8.39. The summed E-state index contributed by atoms with van der Waals surface area (Å²) in [6.45, 7) is 2.66. The highest BCUT2D eigenvalue weighted by Gasteiger charge is 2.11. The summed E-state index contributed by atoms with van der Waals surface area (Å²) >= 11 is 0. The fourth-order valence-electron chi connectivity index (χ4n) is 1.22. The first kappa shape index (κ1) is 11.1. The van der Waals surface area contributed by atoms with Gasteiger partial charge in [0, 0.05) is 11.6 Å². The van der Waals surface area contributed by atoms with E-state index >= 15 is 0 Å². The van der Waals surface area contributed by atoms with E-state index in [2.05, 4.69) is 0 Å². The van der Waals surface area contributed by atoms with E-state index in [9.17, 15) is 19.7 Å². The predicted octanol–water partition coefficient (Wildman–Crippen LogP) is 0.654. The number of ketones is 1. The van der Waals surface area contributed by atoms with Gasteiger partial charge in [-0.2, -0.15) is 0 Å². The second kappa shape index (κ2) is 4.04. The van der Waals surface area contributed by atoms with Gasteiger partial charge in [-0.3, -0.25) is 19.7 Å². The first-order valence-corrected chi connectivity index (χ1v) is 4.26. The normalized spacial score (nSPS) is 10.0. The molecule has 0 N–H and O–H groups in total. The van der Waals surface area contributed by atoms with Crippen LogP contribution in [0, 0.1) is 17.0 Å². The second-order valence-electron chi connectivity index (χ2n) is 3.27. The molecular weight excluding hydrogens is 200 g/mol. The number of carbonyl (C=O) groups excluding carboxylic acids is 1. The standard InChI is InChI=1S/C9H10N2O4/c1-6-3-8(11(14)15)5-10(9(6)13)4-7(2)12/h3,5H,4H2,1-2H3. The lowest BCUT2D eigenvalue weighted by Crippen LogP contribution is -2.24. The van der Waals surface area contributed by atoms with Crippen LogP contribution in [-0.2, 0) is 11.3 Å². The van der Waals surface area contributed by atoms with Gasteiger partial charge < -0.3 is 4.57 Å². The number of carbonyl (C=O) groups is 1. The number of aryl methyl sites for hydroxylation is 1. The average molecular weight is 210 g/mol. The molecule has 0 unspecified atom stereocenters. The molecule has 0 amide bonds. The van der Waals surface area contributed by atoms with Gasteiger partial charge in [-0.05, 0) is 13.8 Å². The smallest absolute Gasteiger partial charge is 0.286 e. The van der Waals surface area contributed by atoms with Crippen molar-refractivity contribution in [1.29, 1.82) is 0 Å². The molecule has 0 spiro atoms. The van der Waals surface area contributed by atoms with Crippen molar-refractivity contribution in [3.63, 3.8) is 0 Å². The highest BCUT2D eigenvalue weighted by Crippen LogP contribution is 2.09. The van der Waals surface area contributed by atoms with Crippen molar-refractivity contribution in [3.05, 3.63) is 38.3 Å². The van der Waals surface area contributed by atoms with E-state index in [1.165, 1.54) is 19.9 Å². The van der Waals surface area contributed by atoms with Crippen molar-refractivity contribution in [2.45, 2.75) is 20.4 Å². The van der Waals surface area contributed by atoms with Gasteiger partial charge in [0.2, 0.25) is 0 Å². The molecule has 6 nitrogen and oxygen atoms in total. The van der Waals surface area contributed by atoms with E-state index in [1.54, 1.807) is 0 Å². The molecule has 0 aliphatic rings. The van der Waals surface area contributed by atoms with Gasteiger partial charge in [0.25, 0.3) is 11.2 Å². The van der Waals surface area contributed by atoms with Crippen molar-refractivity contribution in [1.82, 2.24) is 4.57 Å². The maximum atomic E-state index is 11.5. The van der Waals surface area contributed by atoms with Crippen LogP contribution in [0.25, 0.3) is 0 Å². The molecule has 1 aromatic heterocycles. The van der Waals surface area contributed by atoms with Crippen LogP contribution in [0.5, 0.6) is 0 Å². The van der Waals surface area contributed by atoms with E-state index in [4.69, 9.17) is 0 Å². The zero-order valence-corrected chi connectivity index (χ0v) is 8.39. The maximum absolute atomic E-state index is 11.5. The molecule has 80 valence electrons. The Bertz CT molecular complexity index is 475. The lowest BCUT2D eigenvalue weighted by atomic mass is 10.3. The molecule has 1 rings (SSSR count). The minimum atomic E-state index is -0.594. The molecule has 0 fully saturated rings. The second-order valence-corrected chi connectivity index (χ2v) is 3.27. The van der Waals surface area contributed by atoms with Crippen LogP contribution >= 0.6 is 0 Å². The molecule has 15 heavy (non-hydrogen) atoms. The lowest BCUT2D eigenvalue weighted by molar-refractivity contribution is -0.385. The first-order valence-electron chi connectivity index (χ1n) is 4.26. The highest BCUT2D eigenvalue weighted by atomic mass is 16.6. The Morgan fingerprint density at radius 2 is 2.20 bits per heavy atom. The minimum Gasteiger partial charge on any atom is -0.301 e. The van der Waals surface area contributed by atoms with Crippen molar-refractivity contribution in [2.75, 3.05) is 0 Å². The Morgan fingerprint density at radius 1 is 1.60 bits per heavy atom. The summed E-state index contributed by atoms with van der Waals surface area (Å²) in [5, 5.41) is 10.5. The van der Waals surface area contributed by atoms with Crippen molar-refractivity contribution >= 4 is 11.5 Å². The van der Waals surface area contributed by atoms with Crippen LogP contribution in [-0.4, -0.2) is 15.3 Å². The van der Waals surface area contributed by atoms with E-state index < -0.39 is 4.92 Å². The monoisotopic (exact) mass is 210 g/mol. The molecule has 0 saturated heterocycles. The largest absolute Gasteiger partial charge is 0.301 e. The molecule has 6 heteroatoms. The van der Waals surface area contributed by atoms with Gasteiger partial charge in [0.15, 0.2) is 0 Å². The van der Waals surface area contributed by atoms with Gasteiger partial charge in [-0.15, -0.1) is 0 Å². The Hall–Kier alpha value is -1.98. The van der Waals surface area contributed by atoms with Gasteiger partial charge in [-0.25, -0.2) is 0 Å². The lowest BCUT2D eigenvalue weighted by Gasteiger charge is -2.03. The quantitative estimate of drug-likeness (QED) is 0.541. The van der Waals surface area contributed by atoms with Crippen molar-refractivity contribution in [2.24, 2.45) is 0 Å². The molecule has 0 radical (unpaired) electrons. The molecule has 0 saturated carbocycles. The Kier molecular flexibility index (Phi) is 2.99. The highest BCUT2D eigenvalue weighted by molar-refractivity contribution is 5.75. The SMILES string of the molecule is CC(=O)Cn1cc([N+](=O)[O-])cc(C)c1=O. The Labute approximate surface area is 85.3 Å². The fourth-order valence-corrected chi connectivity index (χ4v) is 1.22. The molecular formula is C9H10N2O4. The topological polar surface area (TPSA) is 82.2 Å². The zero-order chi connectivity index (χ0) is 11.6. The number of hydrogen-bond acceptors (Lipinski definition) is 4. The Morgan fingerprint density at radius 3 is 2.67 bits per heavy atom.